The molecule has 0 spiro atoms. The fourth-order valence-corrected chi connectivity index (χ4v) is 3.50. The second kappa shape index (κ2) is 5.88. The number of amides is 1. The fourth-order valence-electron chi connectivity index (χ4n) is 3.50. The van der Waals surface area contributed by atoms with Crippen molar-refractivity contribution in [3.63, 3.8) is 0 Å². The molecule has 1 amide bonds. The van der Waals surface area contributed by atoms with Crippen LogP contribution in [0.4, 0.5) is 4.39 Å². The largest absolute Gasteiger partial charge is 0.392 e. The summed E-state index contributed by atoms with van der Waals surface area (Å²) in [6.45, 7) is 1.57. The van der Waals surface area contributed by atoms with Crippen molar-refractivity contribution in [2.24, 2.45) is 5.73 Å². The first-order valence-corrected chi connectivity index (χ1v) is 8.55. The molecule has 0 bridgehead atoms. The van der Waals surface area contributed by atoms with E-state index in [-0.39, 0.29) is 12.5 Å². The van der Waals surface area contributed by atoms with Gasteiger partial charge in [0.15, 0.2) is 0 Å². The highest BCUT2D eigenvalue weighted by Crippen LogP contribution is 2.47. The van der Waals surface area contributed by atoms with Crippen molar-refractivity contribution < 1.29 is 14.3 Å². The monoisotopic (exact) mass is 350 g/mol. The van der Waals surface area contributed by atoms with Gasteiger partial charge in [-0.05, 0) is 60.0 Å². The number of hydrogen-bond donors (Lipinski definition) is 2. The number of halogens is 1. The molecule has 5 heteroatoms. The highest BCUT2D eigenvalue weighted by atomic mass is 19.1. The maximum absolute atomic E-state index is 14.1. The smallest absolute Gasteiger partial charge is 0.229 e. The number of aliphatic hydroxyl groups excluding tert-OH is 1. The van der Waals surface area contributed by atoms with Crippen LogP contribution < -0.4 is 5.73 Å². The summed E-state index contributed by atoms with van der Waals surface area (Å²) >= 11 is 0. The van der Waals surface area contributed by atoms with Gasteiger partial charge < -0.3 is 10.8 Å². The van der Waals surface area contributed by atoms with E-state index in [1.165, 1.54) is 6.07 Å². The van der Waals surface area contributed by atoms with E-state index in [9.17, 15) is 14.3 Å². The normalized spacial score (nSPS) is 15.2. The van der Waals surface area contributed by atoms with E-state index in [4.69, 9.17) is 5.73 Å². The number of benzene rings is 2. The molecule has 1 fully saturated rings. The van der Waals surface area contributed by atoms with Gasteiger partial charge in [-0.3, -0.25) is 9.78 Å². The number of rotatable bonds is 4. The average molecular weight is 350 g/mol. The van der Waals surface area contributed by atoms with Gasteiger partial charge in [-0.2, -0.15) is 0 Å². The van der Waals surface area contributed by atoms with E-state index in [0.717, 1.165) is 46.0 Å². The van der Waals surface area contributed by atoms with Crippen molar-refractivity contribution in [1.29, 1.82) is 0 Å². The molecule has 1 saturated carbocycles. The predicted molar refractivity (Wildman–Crippen MR) is 97.9 cm³/mol. The Kier molecular flexibility index (Phi) is 3.77. The predicted octanol–water partition coefficient (Wildman–Crippen LogP) is 3.36. The molecular formula is C21H19FN2O2. The molecule has 1 aliphatic rings. The Morgan fingerprint density at radius 2 is 2.00 bits per heavy atom. The van der Waals surface area contributed by atoms with Gasteiger partial charge in [0.05, 0.1) is 17.7 Å². The van der Waals surface area contributed by atoms with Crippen LogP contribution in [-0.2, 0) is 16.8 Å². The van der Waals surface area contributed by atoms with Crippen LogP contribution in [0.1, 0.15) is 29.7 Å². The van der Waals surface area contributed by atoms with E-state index in [0.29, 0.717) is 5.56 Å². The highest BCUT2D eigenvalue weighted by Gasteiger charge is 2.51. The van der Waals surface area contributed by atoms with E-state index >= 15 is 0 Å². The number of hydrogen-bond acceptors (Lipinski definition) is 3. The molecule has 0 radical (unpaired) electrons. The number of pyridine rings is 1. The Morgan fingerprint density at radius 3 is 2.65 bits per heavy atom. The van der Waals surface area contributed by atoms with Crippen LogP contribution in [0.25, 0.3) is 21.9 Å². The van der Waals surface area contributed by atoms with Crippen molar-refractivity contribution in [3.05, 3.63) is 65.2 Å². The minimum absolute atomic E-state index is 0.291. The van der Waals surface area contributed by atoms with Gasteiger partial charge in [-0.25, -0.2) is 4.39 Å². The van der Waals surface area contributed by atoms with E-state index in [1.54, 1.807) is 12.3 Å². The SMILES string of the molecule is Cc1cc(CO)c(F)cc1-c1ccc2cc(C3(C(N)=O)CC3)ncc2c1. The number of aromatic nitrogens is 1. The first kappa shape index (κ1) is 16.7. The summed E-state index contributed by atoms with van der Waals surface area (Å²) in [6, 6.07) is 10.9. The molecule has 0 unspecified atom stereocenters. The Labute approximate surface area is 150 Å². The zero-order valence-electron chi connectivity index (χ0n) is 14.4. The fraction of sp³-hybridized carbons (Fsp3) is 0.238. The summed E-state index contributed by atoms with van der Waals surface area (Å²) in [5, 5.41) is 11.1. The Morgan fingerprint density at radius 1 is 1.23 bits per heavy atom. The minimum Gasteiger partial charge on any atom is -0.392 e. The summed E-state index contributed by atoms with van der Waals surface area (Å²) in [7, 11) is 0. The summed E-state index contributed by atoms with van der Waals surface area (Å²) in [6.07, 6.45) is 3.23. The summed E-state index contributed by atoms with van der Waals surface area (Å²) < 4.78 is 14.1. The Bertz CT molecular complexity index is 1040. The van der Waals surface area contributed by atoms with Crippen LogP contribution in [0.5, 0.6) is 0 Å². The zero-order chi connectivity index (χ0) is 18.5. The third kappa shape index (κ3) is 2.56. The van der Waals surface area contributed by atoms with Crippen LogP contribution in [0.2, 0.25) is 0 Å². The van der Waals surface area contributed by atoms with Gasteiger partial charge in [0, 0.05) is 17.1 Å². The van der Waals surface area contributed by atoms with Crippen LogP contribution in [-0.4, -0.2) is 16.0 Å². The molecule has 4 nitrogen and oxygen atoms in total. The van der Waals surface area contributed by atoms with Gasteiger partial charge in [0.2, 0.25) is 5.91 Å². The van der Waals surface area contributed by atoms with Crippen LogP contribution >= 0.6 is 0 Å². The van der Waals surface area contributed by atoms with Crippen LogP contribution in [0, 0.1) is 12.7 Å². The second-order valence-corrected chi connectivity index (χ2v) is 6.99. The molecule has 3 aromatic rings. The molecule has 0 atom stereocenters. The number of primary amides is 1. The first-order chi connectivity index (χ1) is 12.4. The first-order valence-electron chi connectivity index (χ1n) is 8.55. The zero-order valence-corrected chi connectivity index (χ0v) is 14.4. The van der Waals surface area contributed by atoms with E-state index in [1.807, 2.05) is 31.2 Å². The topological polar surface area (TPSA) is 76.2 Å². The Balaban J connectivity index is 1.78. The van der Waals surface area contributed by atoms with Crippen molar-refractivity contribution in [3.8, 4) is 11.1 Å². The third-order valence-electron chi connectivity index (χ3n) is 5.31. The van der Waals surface area contributed by atoms with E-state index in [2.05, 4.69) is 4.98 Å². The lowest BCUT2D eigenvalue weighted by Crippen LogP contribution is -2.29. The summed E-state index contributed by atoms with van der Waals surface area (Å²) in [5.41, 5.74) is 8.49. The molecule has 26 heavy (non-hydrogen) atoms. The Hall–Kier alpha value is -2.79. The number of carbonyl (C=O) groups is 1. The molecule has 2 aromatic carbocycles. The number of aryl methyl sites for hydroxylation is 1. The maximum atomic E-state index is 14.1. The molecule has 1 aromatic heterocycles. The quantitative estimate of drug-likeness (QED) is 0.757. The molecule has 1 aliphatic carbocycles. The van der Waals surface area contributed by atoms with Gasteiger partial charge in [-0.1, -0.05) is 18.2 Å². The number of aliphatic hydroxyl groups is 1. The van der Waals surface area contributed by atoms with E-state index < -0.39 is 11.2 Å². The lowest BCUT2D eigenvalue weighted by atomic mass is 9.95. The standard InChI is InChI=1S/C21H19FN2O2/c1-12-6-16(11-25)18(22)9-17(12)14-3-2-13-8-19(24-10-15(13)7-14)21(4-5-21)20(23)26/h2-3,6-10,25H,4-5,11H2,1H3,(H2,23,26). The van der Waals surface area contributed by atoms with Gasteiger partial charge >= 0.3 is 0 Å². The van der Waals surface area contributed by atoms with Gasteiger partial charge in [0.1, 0.15) is 5.82 Å². The highest BCUT2D eigenvalue weighted by molar-refractivity contribution is 5.92. The number of fused-ring (bicyclic) bond motifs is 1. The number of carbonyl (C=O) groups excluding carboxylic acids is 1. The molecule has 3 N–H and O–H groups in total. The molecule has 0 aliphatic heterocycles. The molecule has 1 heterocycles. The number of nitrogens with zero attached hydrogens (tertiary/aromatic N) is 1. The van der Waals surface area contributed by atoms with Crippen LogP contribution in [0.3, 0.4) is 0 Å². The van der Waals surface area contributed by atoms with Gasteiger partial charge in [0.25, 0.3) is 0 Å². The molecule has 132 valence electrons. The van der Waals surface area contributed by atoms with Crippen molar-refractivity contribution >= 4 is 16.7 Å². The third-order valence-corrected chi connectivity index (χ3v) is 5.31. The van der Waals surface area contributed by atoms with Crippen LogP contribution in [0.15, 0.2) is 42.6 Å². The second-order valence-electron chi connectivity index (χ2n) is 6.99. The van der Waals surface area contributed by atoms with Crippen molar-refractivity contribution in [1.82, 2.24) is 4.98 Å². The lowest BCUT2D eigenvalue weighted by Gasteiger charge is -2.13. The maximum Gasteiger partial charge on any atom is 0.229 e. The molecule has 0 saturated heterocycles. The number of nitrogens with two attached hydrogens (primary N) is 1. The lowest BCUT2D eigenvalue weighted by molar-refractivity contribution is -0.120. The summed E-state index contributed by atoms with van der Waals surface area (Å²) in [4.78, 5) is 16.2. The average Bonchev–Trinajstić information content (AvgIpc) is 3.44. The van der Waals surface area contributed by atoms with Gasteiger partial charge in [-0.15, -0.1) is 0 Å². The minimum atomic E-state index is -0.604. The van der Waals surface area contributed by atoms with Crippen molar-refractivity contribution in [2.45, 2.75) is 31.8 Å². The molecule has 4 rings (SSSR count). The van der Waals surface area contributed by atoms with Crippen molar-refractivity contribution in [2.75, 3.05) is 0 Å². The summed E-state index contributed by atoms with van der Waals surface area (Å²) in [5.74, 6) is -0.741. The molecular weight excluding hydrogens is 331 g/mol.